The van der Waals surface area contributed by atoms with Gasteiger partial charge in [-0.1, -0.05) is 6.08 Å². The number of hydrogen-bond donors (Lipinski definition) is 0. The number of rotatable bonds is 16. The molecule has 15 nitrogen and oxygen atoms in total. The lowest BCUT2D eigenvalue weighted by Gasteiger charge is -2.20. The van der Waals surface area contributed by atoms with Crippen LogP contribution in [0.4, 0.5) is 0 Å². The molecule has 49 heavy (non-hydrogen) atoms. The predicted octanol–water partition coefficient (Wildman–Crippen LogP) is 3.85. The van der Waals surface area contributed by atoms with Crippen LogP contribution < -0.4 is 24.4 Å². The molecule has 1 aromatic heterocycles. The smallest absolute Gasteiger partial charge is 0.343 e. The normalized spacial score (nSPS) is 16.7. The monoisotopic (exact) mass is 686 g/mol. The Morgan fingerprint density at radius 3 is 2.10 bits per heavy atom. The Bertz CT molecular complexity index is 1770. The standard InChI is InChI=1S/C34H38O15/c1-34(2)48-13-20(49-34)12-43-33(37)29-28-26(11-27(46-17-40-5)32(29)47-18-41-6)42-14-23(31(28)36)21-8-7-19-9-24(44-15-38-3)25(45-16-39-4)10-22(19)30(21)35/h8-11,14,20H,7,12-13,15-18H2,1-6H3. The van der Waals surface area contributed by atoms with Crippen LogP contribution >= 0.6 is 0 Å². The summed E-state index contributed by atoms with van der Waals surface area (Å²) in [6, 6.07) is 4.57. The van der Waals surface area contributed by atoms with Crippen LogP contribution in [-0.4, -0.2) is 92.5 Å². The Labute approximate surface area is 281 Å². The number of allylic oxidation sites excluding steroid dienone is 2. The second-order valence-corrected chi connectivity index (χ2v) is 11.3. The third-order valence-corrected chi connectivity index (χ3v) is 7.45. The molecule has 0 bridgehead atoms. The molecule has 1 aliphatic carbocycles. The molecule has 2 aromatic carbocycles. The molecular formula is C34H38O15. The molecule has 5 rings (SSSR count). The molecule has 1 atom stereocenters. The Morgan fingerprint density at radius 1 is 0.837 bits per heavy atom. The third-order valence-electron chi connectivity index (χ3n) is 7.45. The molecule has 1 fully saturated rings. The number of ketones is 1. The number of methoxy groups -OCH3 is 4. The highest BCUT2D eigenvalue weighted by Gasteiger charge is 2.35. The average Bonchev–Trinajstić information content (AvgIpc) is 3.45. The summed E-state index contributed by atoms with van der Waals surface area (Å²) in [4.78, 5) is 42.2. The van der Waals surface area contributed by atoms with Crippen molar-refractivity contribution >= 4 is 28.3 Å². The predicted molar refractivity (Wildman–Crippen MR) is 170 cm³/mol. The second kappa shape index (κ2) is 15.8. The van der Waals surface area contributed by atoms with E-state index in [1.54, 1.807) is 26.0 Å². The van der Waals surface area contributed by atoms with Gasteiger partial charge in [0.1, 0.15) is 30.1 Å². The maximum absolute atomic E-state index is 14.4. The highest BCUT2D eigenvalue weighted by Crippen LogP contribution is 2.40. The van der Waals surface area contributed by atoms with E-state index in [-0.39, 0.29) is 97.3 Å². The van der Waals surface area contributed by atoms with Crippen LogP contribution in [0.2, 0.25) is 0 Å². The molecule has 1 aliphatic heterocycles. The minimum Gasteiger partial charge on any atom is -0.464 e. The van der Waals surface area contributed by atoms with Crippen molar-refractivity contribution in [3.8, 4) is 23.0 Å². The SMILES string of the molecule is COCOc1cc2c(cc1OCOC)C(=O)C(c1coc3cc(OCOC)c(OCOC)c(C(=O)OCC4COC(C)(C)O4)c3c1=O)=CC2. The Hall–Kier alpha value is -4.51. The Balaban J connectivity index is 1.60. The summed E-state index contributed by atoms with van der Waals surface area (Å²) < 4.78 is 65.8. The van der Waals surface area contributed by atoms with E-state index in [0.29, 0.717) is 11.3 Å². The van der Waals surface area contributed by atoms with E-state index in [1.165, 1.54) is 40.6 Å². The van der Waals surface area contributed by atoms with Gasteiger partial charge in [0.05, 0.1) is 17.6 Å². The van der Waals surface area contributed by atoms with Crippen molar-refractivity contribution in [2.75, 3.05) is 68.8 Å². The molecule has 15 heteroatoms. The molecule has 2 heterocycles. The summed E-state index contributed by atoms with van der Waals surface area (Å²) in [5.74, 6) is -1.80. The van der Waals surface area contributed by atoms with Crippen molar-refractivity contribution in [1.82, 2.24) is 0 Å². The summed E-state index contributed by atoms with van der Waals surface area (Å²) >= 11 is 0. The third kappa shape index (κ3) is 7.88. The first-order valence-corrected chi connectivity index (χ1v) is 15.1. The van der Waals surface area contributed by atoms with Crippen molar-refractivity contribution in [1.29, 1.82) is 0 Å². The highest BCUT2D eigenvalue weighted by atomic mass is 16.8. The summed E-state index contributed by atoms with van der Waals surface area (Å²) in [7, 11) is 5.74. The molecule has 0 spiro atoms. The van der Waals surface area contributed by atoms with Gasteiger partial charge in [0.15, 0.2) is 61.7 Å². The number of fused-ring (bicyclic) bond motifs is 2. The lowest BCUT2D eigenvalue weighted by atomic mass is 9.86. The molecule has 3 aromatic rings. The van der Waals surface area contributed by atoms with Gasteiger partial charge in [-0.15, -0.1) is 0 Å². The number of benzene rings is 2. The molecule has 0 radical (unpaired) electrons. The number of Topliss-reactive ketones (excluding diaryl/α,β-unsaturated/α-hetero) is 1. The van der Waals surface area contributed by atoms with Gasteiger partial charge >= 0.3 is 5.97 Å². The van der Waals surface area contributed by atoms with Gasteiger partial charge in [-0.3, -0.25) is 9.59 Å². The van der Waals surface area contributed by atoms with E-state index in [2.05, 4.69) is 0 Å². The van der Waals surface area contributed by atoms with Crippen LogP contribution in [0.25, 0.3) is 16.5 Å². The van der Waals surface area contributed by atoms with Gasteiger partial charge in [-0.25, -0.2) is 4.79 Å². The first-order valence-electron chi connectivity index (χ1n) is 15.1. The fraction of sp³-hybridized carbons (Fsp3) is 0.441. The topological polar surface area (TPSA) is 166 Å². The molecular weight excluding hydrogens is 648 g/mol. The zero-order valence-electron chi connectivity index (χ0n) is 28.0. The maximum Gasteiger partial charge on any atom is 0.343 e. The molecule has 0 N–H and O–H groups in total. The molecule has 1 saturated heterocycles. The van der Waals surface area contributed by atoms with Crippen LogP contribution in [0.15, 0.2) is 39.7 Å². The molecule has 2 aliphatic rings. The minimum atomic E-state index is -0.936. The largest absolute Gasteiger partial charge is 0.464 e. The van der Waals surface area contributed by atoms with Gasteiger partial charge in [-0.05, 0) is 38.0 Å². The van der Waals surface area contributed by atoms with E-state index >= 15 is 0 Å². The van der Waals surface area contributed by atoms with Crippen LogP contribution in [-0.2, 0) is 39.6 Å². The Kier molecular flexibility index (Phi) is 11.5. The number of hydrogen-bond acceptors (Lipinski definition) is 15. The van der Waals surface area contributed by atoms with E-state index in [0.717, 1.165) is 6.26 Å². The summed E-state index contributed by atoms with van der Waals surface area (Å²) in [6.45, 7) is 2.80. The zero-order valence-corrected chi connectivity index (χ0v) is 28.0. The number of esters is 1. The summed E-state index contributed by atoms with van der Waals surface area (Å²) in [5.41, 5.74) is -0.129. The number of ether oxygens (including phenoxy) is 11. The van der Waals surface area contributed by atoms with Crippen molar-refractivity contribution in [2.24, 2.45) is 0 Å². The fourth-order valence-electron chi connectivity index (χ4n) is 5.34. The first-order chi connectivity index (χ1) is 23.6. The van der Waals surface area contributed by atoms with E-state index in [1.807, 2.05) is 0 Å². The number of carbonyl (C=O) groups is 2. The molecule has 1 unspecified atom stereocenters. The van der Waals surface area contributed by atoms with Gasteiger partial charge < -0.3 is 56.5 Å². The average molecular weight is 687 g/mol. The van der Waals surface area contributed by atoms with Crippen molar-refractivity contribution in [3.05, 3.63) is 63.0 Å². The second-order valence-electron chi connectivity index (χ2n) is 11.3. The maximum atomic E-state index is 14.4. The first kappa shape index (κ1) is 35.8. The molecule has 264 valence electrons. The van der Waals surface area contributed by atoms with Crippen LogP contribution in [0.5, 0.6) is 23.0 Å². The highest BCUT2D eigenvalue weighted by molar-refractivity contribution is 6.30. The van der Waals surface area contributed by atoms with E-state index < -0.39 is 29.1 Å². The minimum absolute atomic E-state index is 0.0211. The fourth-order valence-corrected chi connectivity index (χ4v) is 5.34. The molecule has 0 amide bonds. The van der Waals surface area contributed by atoms with Gasteiger partial charge in [0.25, 0.3) is 0 Å². The summed E-state index contributed by atoms with van der Waals surface area (Å²) in [5, 5.41) is -0.200. The van der Waals surface area contributed by atoms with Crippen molar-refractivity contribution in [3.63, 3.8) is 0 Å². The van der Waals surface area contributed by atoms with Crippen molar-refractivity contribution < 1.29 is 66.1 Å². The van der Waals surface area contributed by atoms with Gasteiger partial charge in [-0.2, -0.15) is 0 Å². The number of carbonyl (C=O) groups excluding carboxylic acids is 2. The Morgan fingerprint density at radius 2 is 1.47 bits per heavy atom. The van der Waals surface area contributed by atoms with E-state index in [4.69, 9.17) is 56.5 Å². The quantitative estimate of drug-likeness (QED) is 0.157. The zero-order chi connectivity index (χ0) is 35.1. The van der Waals surface area contributed by atoms with Crippen LogP contribution in [0.1, 0.15) is 45.7 Å². The summed E-state index contributed by atoms with van der Waals surface area (Å²) in [6.07, 6.45) is 2.47. The van der Waals surface area contributed by atoms with Gasteiger partial charge in [0, 0.05) is 45.6 Å². The molecule has 0 saturated carbocycles. The van der Waals surface area contributed by atoms with Crippen molar-refractivity contribution in [2.45, 2.75) is 32.2 Å². The van der Waals surface area contributed by atoms with Gasteiger partial charge in [0.2, 0.25) is 5.43 Å². The lowest BCUT2D eigenvalue weighted by Crippen LogP contribution is -2.26. The van der Waals surface area contributed by atoms with Crippen LogP contribution in [0.3, 0.4) is 0 Å². The van der Waals surface area contributed by atoms with Crippen LogP contribution in [0, 0.1) is 0 Å². The van der Waals surface area contributed by atoms with E-state index in [9.17, 15) is 14.4 Å². The lowest BCUT2D eigenvalue weighted by molar-refractivity contribution is -0.142.